The van der Waals surface area contributed by atoms with E-state index in [0.29, 0.717) is 32.2 Å². The smallest absolute Gasteiger partial charge is 0.319 e. The molecule has 53 heavy (non-hydrogen) atoms. The molecule has 1 saturated carbocycles. The number of hydrogen-bond donors (Lipinski definition) is 2. The van der Waals surface area contributed by atoms with Crippen LogP contribution in [0.1, 0.15) is 73.5 Å². The Morgan fingerprint density at radius 3 is 2.57 bits per heavy atom. The van der Waals surface area contributed by atoms with E-state index in [1.807, 2.05) is 4.90 Å². The van der Waals surface area contributed by atoms with Gasteiger partial charge in [-0.25, -0.2) is 0 Å². The zero-order valence-electron chi connectivity index (χ0n) is 31.6. The summed E-state index contributed by atoms with van der Waals surface area (Å²) in [5.41, 5.74) is 7.58. The summed E-state index contributed by atoms with van der Waals surface area (Å²) in [7, 11) is 6.82. The zero-order valence-corrected chi connectivity index (χ0v) is 31.6. The van der Waals surface area contributed by atoms with Gasteiger partial charge in [0.15, 0.2) is 0 Å². The van der Waals surface area contributed by atoms with Crippen molar-refractivity contribution in [3.8, 4) is 5.75 Å². The second-order valence-electron chi connectivity index (χ2n) is 16.1. The lowest BCUT2D eigenvalue weighted by Gasteiger charge is -2.57. The van der Waals surface area contributed by atoms with E-state index in [1.54, 1.807) is 7.11 Å². The van der Waals surface area contributed by atoms with E-state index in [4.69, 9.17) is 14.2 Å². The third-order valence-corrected chi connectivity index (χ3v) is 14.1. The third-order valence-electron chi connectivity index (χ3n) is 14.1. The Hall–Kier alpha value is -4.57. The minimum absolute atomic E-state index is 0.0342. The van der Waals surface area contributed by atoms with Gasteiger partial charge in [0, 0.05) is 64.2 Å². The van der Waals surface area contributed by atoms with Gasteiger partial charge < -0.3 is 29.1 Å². The number of fused-ring (bicyclic) bond motifs is 9. The highest BCUT2D eigenvalue weighted by molar-refractivity contribution is 5.97. The molecule has 3 saturated heterocycles. The molecule has 4 aliphatic heterocycles. The van der Waals surface area contributed by atoms with Crippen molar-refractivity contribution in [2.75, 3.05) is 41.5 Å². The Labute approximate surface area is 310 Å². The van der Waals surface area contributed by atoms with Crippen molar-refractivity contribution in [1.82, 2.24) is 19.8 Å². The van der Waals surface area contributed by atoms with Crippen LogP contribution in [-0.2, 0) is 42.1 Å². The number of methoxy groups -OCH3 is 3. The molecule has 1 amide bonds. The first-order valence-corrected chi connectivity index (χ1v) is 19.3. The molecule has 0 radical (unpaired) electrons. The van der Waals surface area contributed by atoms with E-state index in [0.717, 1.165) is 69.5 Å². The summed E-state index contributed by atoms with van der Waals surface area (Å²) in [6, 6.07) is 12.3. The number of aromatic amines is 2. The van der Waals surface area contributed by atoms with E-state index in [1.165, 1.54) is 25.4 Å². The van der Waals surface area contributed by atoms with Crippen molar-refractivity contribution in [2.24, 2.45) is 23.7 Å². The van der Waals surface area contributed by atoms with Crippen LogP contribution in [0.4, 0.5) is 0 Å². The van der Waals surface area contributed by atoms with Crippen LogP contribution in [0.3, 0.4) is 0 Å². The molecule has 10 nitrogen and oxygen atoms in total. The number of likely N-dealkylation sites (N-methyl/N-ethyl adjacent to an activating group) is 1. The molecular weight excluding hydrogens is 668 g/mol. The summed E-state index contributed by atoms with van der Waals surface area (Å²) in [4.78, 5) is 54.2. The lowest BCUT2D eigenvalue weighted by Crippen LogP contribution is -2.69. The summed E-state index contributed by atoms with van der Waals surface area (Å²) in [6.07, 6.45) is 6.31. The number of amides is 1. The first-order chi connectivity index (χ1) is 25.7. The fourth-order valence-corrected chi connectivity index (χ4v) is 11.9. The molecule has 4 fully saturated rings. The zero-order chi connectivity index (χ0) is 36.9. The summed E-state index contributed by atoms with van der Waals surface area (Å²) in [5.74, 6) is -0.147. The number of aromatic nitrogens is 2. The Morgan fingerprint density at radius 2 is 1.83 bits per heavy atom. The minimum Gasteiger partial charge on any atom is -0.496 e. The molecule has 10 heteroatoms. The molecule has 6 bridgehead atoms. The Morgan fingerprint density at radius 1 is 1.02 bits per heavy atom. The average Bonchev–Trinajstić information content (AvgIpc) is 3.70. The molecule has 4 aromatic rings. The molecule has 6 heterocycles. The van der Waals surface area contributed by atoms with Crippen LogP contribution in [0.5, 0.6) is 5.75 Å². The Kier molecular flexibility index (Phi) is 8.07. The molecule has 2 aromatic heterocycles. The maximum atomic E-state index is 14.4. The van der Waals surface area contributed by atoms with Gasteiger partial charge in [-0.15, -0.1) is 0 Å². The van der Waals surface area contributed by atoms with E-state index < -0.39 is 5.41 Å². The Balaban J connectivity index is 1.32. The summed E-state index contributed by atoms with van der Waals surface area (Å²) in [6.45, 7) is 5.59. The van der Waals surface area contributed by atoms with Crippen LogP contribution in [0.2, 0.25) is 0 Å². The highest BCUT2D eigenvalue weighted by Gasteiger charge is 2.65. The molecule has 2 aromatic carbocycles. The maximum Gasteiger partial charge on any atom is 0.319 e. The van der Waals surface area contributed by atoms with Crippen LogP contribution in [0.15, 0.2) is 48.0 Å². The highest BCUT2D eigenvalue weighted by atomic mass is 16.5. The Bertz CT molecular complexity index is 2200. The number of piperidine rings is 3. The monoisotopic (exact) mass is 718 g/mol. The van der Waals surface area contributed by atoms with Gasteiger partial charge in [0.25, 0.3) is 0 Å². The number of carbonyl (C=O) groups is 3. The molecule has 8 atom stereocenters. The molecule has 2 aliphatic carbocycles. The molecule has 0 spiro atoms. The number of esters is 2. The largest absolute Gasteiger partial charge is 0.496 e. The molecule has 8 unspecified atom stereocenters. The first kappa shape index (κ1) is 34.2. The standard InChI is InChI=1S/C43H50N4O6/c1-7-22-17-24-20-43(42(50)53-6)38-27(15-16-47(39(22)43)40(24)48)26-13-14-33(51-4)35(37(26)45-38)30-18-28-23(8-2)21-46(3)32(34(28)41(49)52-5)19-29-25-11-9-10-12-31(25)44-36(29)30/h8-14,22,24,28,30,32,34,39,44-45H,7,15-21H2,1-6H3/b23-8+. The second kappa shape index (κ2) is 12.5. The van der Waals surface area contributed by atoms with E-state index >= 15 is 0 Å². The number of hydrogen-bond acceptors (Lipinski definition) is 7. The van der Waals surface area contributed by atoms with Crippen LogP contribution < -0.4 is 4.74 Å². The fraction of sp³-hybridized carbons (Fsp3) is 0.512. The van der Waals surface area contributed by atoms with E-state index in [2.05, 4.69) is 78.2 Å². The van der Waals surface area contributed by atoms with E-state index in [9.17, 15) is 14.4 Å². The number of nitrogens with zero attached hydrogens (tertiary/aromatic N) is 2. The molecule has 2 N–H and O–H groups in total. The number of ether oxygens (including phenoxy) is 3. The van der Waals surface area contributed by atoms with Crippen molar-refractivity contribution in [3.63, 3.8) is 0 Å². The number of likely N-dealkylation sites (tertiary alicyclic amines) is 1. The SMILES string of the molecule is C/C=C1\CN(C)C2Cc3c([nH]c4ccccc34)C(c3c(OC)ccc4c5c([nH]c34)C3(C(=O)OC)CC4CC(CC)C3N(CC5)C4=O)CC1C2C(=O)OC. The average molecular weight is 719 g/mol. The first-order valence-electron chi connectivity index (χ1n) is 19.3. The van der Waals surface area contributed by atoms with Crippen molar-refractivity contribution in [3.05, 3.63) is 76.1 Å². The van der Waals surface area contributed by atoms with Crippen molar-refractivity contribution in [2.45, 2.75) is 75.8 Å². The number of benzene rings is 2. The lowest BCUT2D eigenvalue weighted by atomic mass is 9.56. The van der Waals surface area contributed by atoms with Crippen molar-refractivity contribution < 1.29 is 28.6 Å². The number of allylic oxidation sites excluding steroid dienone is 1. The van der Waals surface area contributed by atoms with Gasteiger partial charge in [0.05, 0.1) is 38.8 Å². The maximum absolute atomic E-state index is 14.4. The topological polar surface area (TPSA) is 117 Å². The van der Waals surface area contributed by atoms with Crippen LogP contribution in [0, 0.1) is 23.7 Å². The second-order valence-corrected chi connectivity index (χ2v) is 16.1. The molecule has 6 aliphatic rings. The van der Waals surface area contributed by atoms with Gasteiger partial charge in [0.2, 0.25) is 5.91 Å². The van der Waals surface area contributed by atoms with Crippen LogP contribution in [-0.4, -0.2) is 91.2 Å². The number of para-hydroxylation sites is 1. The predicted octanol–water partition coefficient (Wildman–Crippen LogP) is 6.02. The number of rotatable bonds is 5. The van der Waals surface area contributed by atoms with Crippen LogP contribution >= 0.6 is 0 Å². The quantitative estimate of drug-likeness (QED) is 0.192. The normalized spacial score (nSPS) is 31.5. The minimum atomic E-state index is -0.996. The van der Waals surface area contributed by atoms with Gasteiger partial charge in [-0.2, -0.15) is 0 Å². The highest BCUT2D eigenvalue weighted by Crippen LogP contribution is 2.57. The predicted molar refractivity (Wildman–Crippen MR) is 202 cm³/mol. The molecule has 10 rings (SSSR count). The molecular formula is C43H50N4O6. The van der Waals surface area contributed by atoms with E-state index in [-0.39, 0.29) is 59.5 Å². The van der Waals surface area contributed by atoms with Gasteiger partial charge in [0.1, 0.15) is 11.2 Å². The van der Waals surface area contributed by atoms with Gasteiger partial charge in [-0.1, -0.05) is 43.2 Å². The number of carbonyl (C=O) groups excluding carboxylic acids is 3. The van der Waals surface area contributed by atoms with Gasteiger partial charge in [-0.3, -0.25) is 19.3 Å². The van der Waals surface area contributed by atoms with Crippen molar-refractivity contribution in [1.29, 1.82) is 0 Å². The summed E-state index contributed by atoms with van der Waals surface area (Å²) >= 11 is 0. The van der Waals surface area contributed by atoms with Gasteiger partial charge >= 0.3 is 11.9 Å². The molecule has 278 valence electrons. The number of H-pyrrole nitrogens is 2. The summed E-state index contributed by atoms with van der Waals surface area (Å²) in [5, 5.41) is 2.20. The lowest BCUT2D eigenvalue weighted by molar-refractivity contribution is -0.172. The third kappa shape index (κ3) is 4.63. The summed E-state index contributed by atoms with van der Waals surface area (Å²) < 4.78 is 17.5. The van der Waals surface area contributed by atoms with Crippen LogP contribution in [0.25, 0.3) is 21.8 Å². The number of nitrogens with one attached hydrogen (secondary N) is 2. The van der Waals surface area contributed by atoms with Crippen molar-refractivity contribution >= 4 is 39.7 Å². The van der Waals surface area contributed by atoms with Gasteiger partial charge in [-0.05, 0) is 87.2 Å². The fourth-order valence-electron chi connectivity index (χ4n) is 11.9.